The van der Waals surface area contributed by atoms with E-state index in [9.17, 15) is 4.57 Å². The molecular formula is C6H16NO3P. The molecule has 0 atom stereocenters. The second kappa shape index (κ2) is 4.88. The van der Waals surface area contributed by atoms with Crippen LogP contribution in [0.2, 0.25) is 0 Å². The highest BCUT2D eigenvalue weighted by molar-refractivity contribution is 7.51. The standard InChI is InChI=1S/C6H16NO3P/c1-5-7(6-2)11(8,9-3)10-4/h5-6H2,1-4H3. The van der Waals surface area contributed by atoms with E-state index in [1.165, 1.54) is 14.2 Å². The second-order valence-corrected chi connectivity index (χ2v) is 4.21. The quantitative estimate of drug-likeness (QED) is 0.605. The third-order valence-corrected chi connectivity index (χ3v) is 3.72. The molecule has 0 fully saturated rings. The van der Waals surface area contributed by atoms with Crippen molar-refractivity contribution in [1.82, 2.24) is 4.67 Å². The topological polar surface area (TPSA) is 38.8 Å². The maximum Gasteiger partial charge on any atom is 0.407 e. The Morgan fingerprint density at radius 1 is 1.18 bits per heavy atom. The van der Waals surface area contributed by atoms with Crippen LogP contribution in [0, 0.1) is 0 Å². The summed E-state index contributed by atoms with van der Waals surface area (Å²) >= 11 is 0. The molecule has 0 N–H and O–H groups in total. The summed E-state index contributed by atoms with van der Waals surface area (Å²) in [6.45, 7) is 5.15. The fourth-order valence-corrected chi connectivity index (χ4v) is 2.18. The van der Waals surface area contributed by atoms with Gasteiger partial charge in [0.05, 0.1) is 0 Å². The van der Waals surface area contributed by atoms with Crippen LogP contribution in [0.5, 0.6) is 0 Å². The third-order valence-electron chi connectivity index (χ3n) is 1.54. The fraction of sp³-hybridized carbons (Fsp3) is 1.00. The lowest BCUT2D eigenvalue weighted by Crippen LogP contribution is -2.21. The van der Waals surface area contributed by atoms with Gasteiger partial charge in [-0.25, -0.2) is 9.24 Å². The molecule has 0 aromatic rings. The normalized spacial score (nSPS) is 12.5. The van der Waals surface area contributed by atoms with Crippen LogP contribution >= 0.6 is 7.75 Å². The summed E-state index contributed by atoms with van der Waals surface area (Å²) in [7, 11) is -0.175. The number of rotatable bonds is 5. The van der Waals surface area contributed by atoms with Gasteiger partial charge in [0.1, 0.15) is 0 Å². The van der Waals surface area contributed by atoms with Crippen LogP contribution in [0.3, 0.4) is 0 Å². The Hall–Kier alpha value is 0.110. The summed E-state index contributed by atoms with van der Waals surface area (Å²) in [5, 5.41) is 0. The Morgan fingerprint density at radius 2 is 1.55 bits per heavy atom. The summed E-state index contributed by atoms with van der Waals surface area (Å²) in [5.41, 5.74) is 0. The fourth-order valence-electron chi connectivity index (χ4n) is 0.875. The maximum absolute atomic E-state index is 11.6. The monoisotopic (exact) mass is 181 g/mol. The first-order chi connectivity index (χ1) is 5.14. The van der Waals surface area contributed by atoms with E-state index in [1.807, 2.05) is 13.8 Å². The van der Waals surface area contributed by atoms with Gasteiger partial charge in [-0.1, -0.05) is 13.8 Å². The summed E-state index contributed by atoms with van der Waals surface area (Å²) in [4.78, 5) is 0. The van der Waals surface area contributed by atoms with Crippen molar-refractivity contribution in [3.05, 3.63) is 0 Å². The van der Waals surface area contributed by atoms with E-state index in [4.69, 9.17) is 9.05 Å². The molecule has 0 radical (unpaired) electrons. The van der Waals surface area contributed by atoms with E-state index < -0.39 is 7.75 Å². The molecule has 0 spiro atoms. The highest BCUT2D eigenvalue weighted by Gasteiger charge is 2.27. The minimum absolute atomic E-state index is 0.662. The Labute approximate surface area is 68.1 Å². The lowest BCUT2D eigenvalue weighted by Gasteiger charge is -2.25. The molecule has 0 rings (SSSR count). The first-order valence-corrected chi connectivity index (χ1v) is 5.11. The Balaban J connectivity index is 4.32. The zero-order valence-electron chi connectivity index (χ0n) is 7.53. The molecule has 0 saturated heterocycles. The van der Waals surface area contributed by atoms with Crippen molar-refractivity contribution in [3.63, 3.8) is 0 Å². The van der Waals surface area contributed by atoms with Crippen molar-refractivity contribution in [1.29, 1.82) is 0 Å². The molecule has 5 heteroatoms. The molecule has 0 aliphatic rings. The van der Waals surface area contributed by atoms with Gasteiger partial charge in [0, 0.05) is 27.3 Å². The van der Waals surface area contributed by atoms with Crippen molar-refractivity contribution in [2.45, 2.75) is 13.8 Å². The smallest absolute Gasteiger partial charge is 0.300 e. The number of nitrogens with zero attached hydrogens (tertiary/aromatic N) is 1. The average molecular weight is 181 g/mol. The molecule has 0 heterocycles. The lowest BCUT2D eigenvalue weighted by atomic mass is 10.7. The van der Waals surface area contributed by atoms with Crippen LogP contribution in [-0.2, 0) is 13.6 Å². The van der Waals surface area contributed by atoms with Crippen LogP contribution in [-0.4, -0.2) is 32.0 Å². The zero-order chi connectivity index (χ0) is 8.91. The molecular weight excluding hydrogens is 165 g/mol. The zero-order valence-corrected chi connectivity index (χ0v) is 8.43. The van der Waals surface area contributed by atoms with Gasteiger partial charge in [0.2, 0.25) is 0 Å². The van der Waals surface area contributed by atoms with Gasteiger partial charge in [-0.3, -0.25) is 9.05 Å². The lowest BCUT2D eigenvalue weighted by molar-refractivity contribution is 0.214. The van der Waals surface area contributed by atoms with Crippen LogP contribution in [0.15, 0.2) is 0 Å². The van der Waals surface area contributed by atoms with E-state index in [-0.39, 0.29) is 0 Å². The SMILES string of the molecule is CCN(CC)P(=O)(OC)OC. The van der Waals surface area contributed by atoms with Crippen molar-refractivity contribution in [2.24, 2.45) is 0 Å². The average Bonchev–Trinajstić information content (AvgIpc) is 2.06. The number of hydrogen-bond donors (Lipinski definition) is 0. The van der Waals surface area contributed by atoms with Crippen LogP contribution in [0.1, 0.15) is 13.8 Å². The van der Waals surface area contributed by atoms with Gasteiger partial charge in [-0.05, 0) is 0 Å². The van der Waals surface area contributed by atoms with Gasteiger partial charge in [-0.15, -0.1) is 0 Å². The maximum atomic E-state index is 11.6. The molecule has 11 heavy (non-hydrogen) atoms. The summed E-state index contributed by atoms with van der Waals surface area (Å²) in [6, 6.07) is 0. The molecule has 0 aromatic carbocycles. The molecule has 0 amide bonds. The molecule has 0 saturated carbocycles. The Bertz CT molecular complexity index is 139. The van der Waals surface area contributed by atoms with Crippen molar-refractivity contribution in [2.75, 3.05) is 27.3 Å². The second-order valence-electron chi connectivity index (χ2n) is 1.97. The van der Waals surface area contributed by atoms with Gasteiger partial charge >= 0.3 is 7.75 Å². The Kier molecular flexibility index (Phi) is 4.93. The van der Waals surface area contributed by atoms with Crippen molar-refractivity contribution < 1.29 is 13.6 Å². The van der Waals surface area contributed by atoms with Crippen molar-refractivity contribution in [3.8, 4) is 0 Å². The predicted octanol–water partition coefficient (Wildman–Crippen LogP) is 1.73. The van der Waals surface area contributed by atoms with Gasteiger partial charge in [0.15, 0.2) is 0 Å². The molecule has 4 nitrogen and oxygen atoms in total. The molecule has 0 aromatic heterocycles. The highest BCUT2D eigenvalue weighted by atomic mass is 31.2. The predicted molar refractivity (Wildman–Crippen MR) is 44.5 cm³/mol. The van der Waals surface area contributed by atoms with E-state index in [1.54, 1.807) is 4.67 Å². The minimum atomic E-state index is -2.96. The van der Waals surface area contributed by atoms with E-state index in [0.717, 1.165) is 0 Å². The van der Waals surface area contributed by atoms with Crippen molar-refractivity contribution >= 4 is 7.75 Å². The van der Waals surface area contributed by atoms with Crippen LogP contribution in [0.25, 0.3) is 0 Å². The summed E-state index contributed by atoms with van der Waals surface area (Å²) < 4.78 is 22.8. The molecule has 0 aliphatic heterocycles. The Morgan fingerprint density at radius 3 is 1.64 bits per heavy atom. The van der Waals surface area contributed by atoms with Gasteiger partial charge < -0.3 is 0 Å². The van der Waals surface area contributed by atoms with Gasteiger partial charge in [-0.2, -0.15) is 0 Å². The third kappa shape index (κ3) is 2.56. The molecule has 68 valence electrons. The molecule has 0 bridgehead atoms. The van der Waals surface area contributed by atoms with E-state index >= 15 is 0 Å². The molecule has 0 unspecified atom stereocenters. The summed E-state index contributed by atoms with van der Waals surface area (Å²) in [6.07, 6.45) is 0. The van der Waals surface area contributed by atoms with Crippen LogP contribution < -0.4 is 0 Å². The van der Waals surface area contributed by atoms with Crippen LogP contribution in [0.4, 0.5) is 0 Å². The van der Waals surface area contributed by atoms with E-state index in [0.29, 0.717) is 13.1 Å². The highest BCUT2D eigenvalue weighted by Crippen LogP contribution is 2.49. The largest absolute Gasteiger partial charge is 0.407 e. The first kappa shape index (κ1) is 11.1. The van der Waals surface area contributed by atoms with E-state index in [2.05, 4.69) is 0 Å². The van der Waals surface area contributed by atoms with Gasteiger partial charge in [0.25, 0.3) is 0 Å². The number of hydrogen-bond acceptors (Lipinski definition) is 3. The minimum Gasteiger partial charge on any atom is -0.300 e. The molecule has 0 aliphatic carbocycles. The summed E-state index contributed by atoms with van der Waals surface area (Å²) in [5.74, 6) is 0. The first-order valence-electron chi connectivity index (χ1n) is 3.61.